The number of carbonyl (C=O) groups excluding carboxylic acids is 2. The zero-order chi connectivity index (χ0) is 21.6. The molecule has 7 nitrogen and oxygen atoms in total. The number of pyridine rings is 1. The van der Waals surface area contributed by atoms with Gasteiger partial charge in [-0.3, -0.25) is 14.6 Å². The fourth-order valence-electron chi connectivity index (χ4n) is 3.95. The third-order valence-corrected chi connectivity index (χ3v) is 5.76. The number of benzene rings is 1. The summed E-state index contributed by atoms with van der Waals surface area (Å²) < 4.78 is 18.9. The van der Waals surface area contributed by atoms with E-state index in [0.717, 1.165) is 25.9 Å². The van der Waals surface area contributed by atoms with Crippen molar-refractivity contribution >= 4 is 11.8 Å². The van der Waals surface area contributed by atoms with Crippen molar-refractivity contribution < 1.29 is 18.7 Å². The molecule has 2 saturated heterocycles. The number of halogens is 1. The summed E-state index contributed by atoms with van der Waals surface area (Å²) in [6, 6.07) is 9.40. The molecule has 1 aromatic carbocycles. The quantitative estimate of drug-likeness (QED) is 0.767. The fourth-order valence-corrected chi connectivity index (χ4v) is 3.95. The standard InChI is InChI=1S/C23H27FN4O3/c24-17-2-4-19(5-3-17)31-20-9-13-28(14-10-20)23(30)16-1-6-21(26-15-16)22(29)27-18-7-11-25-12-8-18/h1-6,15,18,20,25H,7-14H2,(H,27,29). The van der Waals surface area contributed by atoms with Gasteiger partial charge in [-0.25, -0.2) is 4.39 Å². The summed E-state index contributed by atoms with van der Waals surface area (Å²) in [5.74, 6) is 0.0348. The van der Waals surface area contributed by atoms with Crippen molar-refractivity contribution in [1.82, 2.24) is 20.5 Å². The van der Waals surface area contributed by atoms with Gasteiger partial charge in [0.1, 0.15) is 23.4 Å². The third kappa shape index (κ3) is 5.58. The number of piperidine rings is 2. The Morgan fingerprint density at radius 3 is 2.39 bits per heavy atom. The third-order valence-electron chi connectivity index (χ3n) is 5.76. The molecule has 2 aromatic rings. The topological polar surface area (TPSA) is 83.6 Å². The summed E-state index contributed by atoms with van der Waals surface area (Å²) >= 11 is 0. The lowest BCUT2D eigenvalue weighted by Gasteiger charge is -2.32. The van der Waals surface area contributed by atoms with E-state index >= 15 is 0 Å². The zero-order valence-corrected chi connectivity index (χ0v) is 17.4. The smallest absolute Gasteiger partial charge is 0.270 e. The van der Waals surface area contributed by atoms with Gasteiger partial charge in [-0.05, 0) is 62.3 Å². The SMILES string of the molecule is O=C(NC1CCNCC1)c1ccc(C(=O)N2CCC(Oc3ccc(F)cc3)CC2)cn1. The largest absolute Gasteiger partial charge is 0.490 e. The van der Waals surface area contributed by atoms with Gasteiger partial charge < -0.3 is 20.3 Å². The highest BCUT2D eigenvalue weighted by molar-refractivity contribution is 5.96. The normalized spacial score (nSPS) is 17.9. The molecule has 2 fully saturated rings. The van der Waals surface area contributed by atoms with Crippen molar-refractivity contribution in [1.29, 1.82) is 0 Å². The van der Waals surface area contributed by atoms with Crippen molar-refractivity contribution in [3.63, 3.8) is 0 Å². The number of carbonyl (C=O) groups is 2. The van der Waals surface area contributed by atoms with E-state index in [4.69, 9.17) is 4.74 Å². The Morgan fingerprint density at radius 1 is 1.03 bits per heavy atom. The highest BCUT2D eigenvalue weighted by atomic mass is 19.1. The van der Waals surface area contributed by atoms with E-state index in [0.29, 0.717) is 42.9 Å². The number of nitrogens with zero attached hydrogens (tertiary/aromatic N) is 2. The second-order valence-corrected chi connectivity index (χ2v) is 7.99. The predicted molar refractivity (Wildman–Crippen MR) is 114 cm³/mol. The van der Waals surface area contributed by atoms with Crippen LogP contribution in [0.1, 0.15) is 46.5 Å². The van der Waals surface area contributed by atoms with Gasteiger partial charge in [-0.2, -0.15) is 0 Å². The van der Waals surface area contributed by atoms with Gasteiger partial charge >= 0.3 is 0 Å². The molecule has 2 amide bonds. The molecule has 0 atom stereocenters. The molecule has 4 rings (SSSR count). The zero-order valence-electron chi connectivity index (χ0n) is 17.4. The molecule has 0 spiro atoms. The monoisotopic (exact) mass is 426 g/mol. The van der Waals surface area contributed by atoms with Crippen molar-refractivity contribution in [3.8, 4) is 5.75 Å². The second-order valence-electron chi connectivity index (χ2n) is 7.99. The Labute approximate surface area is 181 Å². The Bertz CT molecular complexity index is 890. The van der Waals surface area contributed by atoms with Crippen molar-refractivity contribution in [2.75, 3.05) is 26.2 Å². The molecule has 2 aliphatic heterocycles. The maximum atomic E-state index is 13.0. The summed E-state index contributed by atoms with van der Waals surface area (Å²) in [5.41, 5.74) is 0.790. The van der Waals surface area contributed by atoms with Gasteiger partial charge in [0.05, 0.1) is 5.56 Å². The Morgan fingerprint density at radius 2 is 1.74 bits per heavy atom. The molecule has 164 valence electrons. The minimum absolute atomic E-state index is 0.00584. The Kier molecular flexibility index (Phi) is 6.76. The first-order valence-electron chi connectivity index (χ1n) is 10.8. The molecule has 1 aromatic heterocycles. The first-order valence-corrected chi connectivity index (χ1v) is 10.8. The van der Waals surface area contributed by atoms with E-state index < -0.39 is 0 Å². The molecule has 8 heteroatoms. The first-order chi connectivity index (χ1) is 15.1. The van der Waals surface area contributed by atoms with E-state index in [1.165, 1.54) is 18.3 Å². The molecule has 0 saturated carbocycles. The van der Waals surface area contributed by atoms with Crippen LogP contribution in [0.3, 0.4) is 0 Å². The summed E-state index contributed by atoms with van der Waals surface area (Å²) in [6.07, 6.45) is 4.68. The van der Waals surface area contributed by atoms with Crippen LogP contribution in [-0.4, -0.2) is 60.0 Å². The van der Waals surface area contributed by atoms with E-state index in [1.54, 1.807) is 29.2 Å². The molecular weight excluding hydrogens is 399 g/mol. The van der Waals surface area contributed by atoms with E-state index in [1.807, 2.05) is 0 Å². The van der Waals surface area contributed by atoms with Gasteiger partial charge in [0.2, 0.25) is 0 Å². The van der Waals surface area contributed by atoms with Crippen LogP contribution in [0.5, 0.6) is 5.75 Å². The minimum Gasteiger partial charge on any atom is -0.490 e. The van der Waals surface area contributed by atoms with E-state index in [-0.39, 0.29) is 29.8 Å². The maximum Gasteiger partial charge on any atom is 0.270 e. The number of amides is 2. The number of rotatable bonds is 5. The minimum atomic E-state index is -0.295. The van der Waals surface area contributed by atoms with Crippen LogP contribution in [0.4, 0.5) is 4.39 Å². The highest BCUT2D eigenvalue weighted by Gasteiger charge is 2.25. The van der Waals surface area contributed by atoms with Gasteiger partial charge in [-0.1, -0.05) is 0 Å². The lowest BCUT2D eigenvalue weighted by molar-refractivity contribution is 0.0594. The molecule has 2 aliphatic rings. The molecule has 0 radical (unpaired) electrons. The summed E-state index contributed by atoms with van der Waals surface area (Å²) in [6.45, 7) is 2.94. The highest BCUT2D eigenvalue weighted by Crippen LogP contribution is 2.20. The van der Waals surface area contributed by atoms with Crippen molar-refractivity contribution in [2.24, 2.45) is 0 Å². The number of ether oxygens (including phenoxy) is 1. The molecule has 3 heterocycles. The predicted octanol–water partition coefficient (Wildman–Crippen LogP) is 2.39. The average Bonchev–Trinajstić information content (AvgIpc) is 2.81. The van der Waals surface area contributed by atoms with Crippen LogP contribution in [0, 0.1) is 5.82 Å². The molecular formula is C23H27FN4O3. The van der Waals surface area contributed by atoms with Gasteiger partial charge in [0, 0.05) is 38.2 Å². The molecule has 2 N–H and O–H groups in total. The summed E-state index contributed by atoms with van der Waals surface area (Å²) in [7, 11) is 0. The van der Waals surface area contributed by atoms with Gasteiger partial charge in [-0.15, -0.1) is 0 Å². The van der Waals surface area contributed by atoms with Gasteiger partial charge in [0.15, 0.2) is 0 Å². The molecule has 0 aliphatic carbocycles. The van der Waals surface area contributed by atoms with E-state index in [2.05, 4.69) is 15.6 Å². The van der Waals surface area contributed by atoms with Crippen LogP contribution in [-0.2, 0) is 0 Å². The maximum absolute atomic E-state index is 13.0. The lowest BCUT2D eigenvalue weighted by Crippen LogP contribution is -2.43. The number of nitrogens with one attached hydrogen (secondary N) is 2. The van der Waals surface area contributed by atoms with Crippen LogP contribution in [0.2, 0.25) is 0 Å². The van der Waals surface area contributed by atoms with Crippen LogP contribution in [0.15, 0.2) is 42.6 Å². The average molecular weight is 426 g/mol. The second kappa shape index (κ2) is 9.87. The number of hydrogen-bond donors (Lipinski definition) is 2. The Balaban J connectivity index is 1.27. The molecule has 0 bridgehead atoms. The Hall–Kier alpha value is -3.00. The summed E-state index contributed by atoms with van der Waals surface area (Å²) in [4.78, 5) is 31.2. The van der Waals surface area contributed by atoms with E-state index in [9.17, 15) is 14.0 Å². The van der Waals surface area contributed by atoms with Crippen LogP contribution < -0.4 is 15.4 Å². The van der Waals surface area contributed by atoms with Crippen molar-refractivity contribution in [3.05, 3.63) is 59.7 Å². The molecule has 0 unspecified atom stereocenters. The van der Waals surface area contributed by atoms with Crippen LogP contribution in [0.25, 0.3) is 0 Å². The fraction of sp³-hybridized carbons (Fsp3) is 0.435. The number of likely N-dealkylation sites (tertiary alicyclic amines) is 1. The number of hydrogen-bond acceptors (Lipinski definition) is 5. The number of aromatic nitrogens is 1. The summed E-state index contributed by atoms with van der Waals surface area (Å²) in [5, 5.41) is 6.27. The lowest BCUT2D eigenvalue weighted by atomic mass is 10.1. The molecule has 31 heavy (non-hydrogen) atoms. The van der Waals surface area contributed by atoms with Crippen molar-refractivity contribution in [2.45, 2.75) is 37.8 Å². The van der Waals surface area contributed by atoms with Crippen LogP contribution >= 0.6 is 0 Å². The van der Waals surface area contributed by atoms with Gasteiger partial charge in [0.25, 0.3) is 11.8 Å². The first kappa shape index (κ1) is 21.2.